The highest BCUT2D eigenvalue weighted by atomic mass is 15.1. The Labute approximate surface area is 118 Å². The van der Waals surface area contributed by atoms with E-state index < -0.39 is 0 Å². The fourth-order valence-electron chi connectivity index (χ4n) is 2.96. The maximum Gasteiger partial charge on any atom is 0.0420 e. The van der Waals surface area contributed by atoms with Gasteiger partial charge in [0.05, 0.1) is 0 Å². The van der Waals surface area contributed by atoms with Crippen LogP contribution in [0.3, 0.4) is 0 Å². The fourth-order valence-corrected chi connectivity index (χ4v) is 2.96. The van der Waals surface area contributed by atoms with E-state index in [1.54, 1.807) is 0 Å². The molecule has 0 radical (unpaired) electrons. The lowest BCUT2D eigenvalue weighted by Gasteiger charge is -2.20. The smallest absolute Gasteiger partial charge is 0.0420 e. The van der Waals surface area contributed by atoms with Crippen molar-refractivity contribution in [3.05, 3.63) is 23.3 Å². The molecule has 0 amide bonds. The van der Waals surface area contributed by atoms with Crippen LogP contribution in [-0.2, 0) is 6.42 Å². The molecule has 2 nitrogen and oxygen atoms in total. The van der Waals surface area contributed by atoms with Gasteiger partial charge in [0.25, 0.3) is 0 Å². The van der Waals surface area contributed by atoms with Gasteiger partial charge in [0.2, 0.25) is 0 Å². The third kappa shape index (κ3) is 3.65. The van der Waals surface area contributed by atoms with Crippen molar-refractivity contribution in [3.8, 4) is 0 Å². The summed E-state index contributed by atoms with van der Waals surface area (Å²) < 4.78 is 0. The lowest BCUT2D eigenvalue weighted by atomic mass is 10.1. The second kappa shape index (κ2) is 6.83. The Morgan fingerprint density at radius 3 is 2.63 bits per heavy atom. The number of hydrogen-bond acceptors (Lipinski definition) is 2. The van der Waals surface area contributed by atoms with Crippen LogP contribution in [0.15, 0.2) is 12.1 Å². The van der Waals surface area contributed by atoms with Gasteiger partial charge in [-0.1, -0.05) is 45.1 Å². The van der Waals surface area contributed by atoms with Gasteiger partial charge < -0.3 is 10.6 Å². The Kier molecular flexibility index (Phi) is 5.12. The Hall–Kier alpha value is -1.18. The van der Waals surface area contributed by atoms with E-state index in [0.717, 1.165) is 5.69 Å². The Morgan fingerprint density at radius 1 is 1.11 bits per heavy atom. The molecule has 0 atom stereocenters. The highest BCUT2D eigenvalue weighted by molar-refractivity contribution is 5.67. The van der Waals surface area contributed by atoms with E-state index in [1.165, 1.54) is 74.8 Å². The summed E-state index contributed by atoms with van der Waals surface area (Å²) >= 11 is 0. The molecule has 106 valence electrons. The largest absolute Gasteiger partial charge is 0.398 e. The number of fused-ring (bicyclic) bond motifs is 1. The van der Waals surface area contributed by atoms with Gasteiger partial charge in [-0.25, -0.2) is 0 Å². The first-order valence-electron chi connectivity index (χ1n) is 7.86. The average molecular weight is 260 g/mol. The summed E-state index contributed by atoms with van der Waals surface area (Å²) in [7, 11) is 0. The van der Waals surface area contributed by atoms with Crippen molar-refractivity contribution in [2.75, 3.05) is 23.7 Å². The summed E-state index contributed by atoms with van der Waals surface area (Å²) in [5.74, 6) is 0. The van der Waals surface area contributed by atoms with E-state index in [9.17, 15) is 0 Å². The van der Waals surface area contributed by atoms with E-state index in [-0.39, 0.29) is 0 Å². The molecule has 0 aromatic heterocycles. The van der Waals surface area contributed by atoms with Crippen LogP contribution >= 0.6 is 0 Å². The molecular weight excluding hydrogens is 232 g/mol. The molecule has 2 heteroatoms. The van der Waals surface area contributed by atoms with Crippen molar-refractivity contribution in [3.63, 3.8) is 0 Å². The van der Waals surface area contributed by atoms with Gasteiger partial charge in [-0.05, 0) is 37.0 Å². The lowest BCUT2D eigenvalue weighted by molar-refractivity contribution is 0.602. The second-order valence-electron chi connectivity index (χ2n) is 5.84. The van der Waals surface area contributed by atoms with E-state index in [4.69, 9.17) is 5.73 Å². The number of nitrogens with zero attached hydrogens (tertiary/aromatic N) is 1. The SMILES string of the molecule is CCCCCCCCN1CCc2cc(C)c(N)cc21. The summed E-state index contributed by atoms with van der Waals surface area (Å²) in [5, 5.41) is 0. The quantitative estimate of drug-likeness (QED) is 0.585. The second-order valence-corrected chi connectivity index (χ2v) is 5.84. The molecule has 0 unspecified atom stereocenters. The summed E-state index contributed by atoms with van der Waals surface area (Å²) in [6, 6.07) is 4.45. The van der Waals surface area contributed by atoms with Gasteiger partial charge >= 0.3 is 0 Å². The predicted molar refractivity (Wildman–Crippen MR) is 84.9 cm³/mol. The Balaban J connectivity index is 1.80. The zero-order valence-electron chi connectivity index (χ0n) is 12.5. The van der Waals surface area contributed by atoms with E-state index in [0.29, 0.717) is 0 Å². The molecule has 0 fully saturated rings. The van der Waals surface area contributed by atoms with Gasteiger partial charge in [-0.2, -0.15) is 0 Å². The molecule has 0 bridgehead atoms. The first-order chi connectivity index (χ1) is 9.22. The van der Waals surface area contributed by atoms with Gasteiger partial charge in [-0.15, -0.1) is 0 Å². The number of aryl methyl sites for hydroxylation is 1. The average Bonchev–Trinajstić information content (AvgIpc) is 2.77. The summed E-state index contributed by atoms with van der Waals surface area (Å²) in [5.41, 5.74) is 11.1. The predicted octanol–water partition coefficient (Wildman–Crippen LogP) is 4.30. The van der Waals surface area contributed by atoms with E-state index in [2.05, 4.69) is 30.9 Å². The number of unbranched alkanes of at least 4 members (excludes halogenated alkanes) is 5. The molecule has 0 saturated heterocycles. The molecule has 0 saturated carbocycles. The van der Waals surface area contributed by atoms with Crippen molar-refractivity contribution in [2.24, 2.45) is 0 Å². The first-order valence-corrected chi connectivity index (χ1v) is 7.86. The summed E-state index contributed by atoms with van der Waals surface area (Å²) in [4.78, 5) is 2.52. The van der Waals surface area contributed by atoms with Crippen molar-refractivity contribution < 1.29 is 0 Å². The van der Waals surface area contributed by atoms with Crippen LogP contribution in [0.2, 0.25) is 0 Å². The molecule has 1 aromatic rings. The third-order valence-corrected chi connectivity index (χ3v) is 4.24. The van der Waals surface area contributed by atoms with Crippen LogP contribution < -0.4 is 10.6 Å². The fraction of sp³-hybridized carbons (Fsp3) is 0.647. The molecule has 0 spiro atoms. The number of anilines is 2. The first kappa shape index (κ1) is 14.2. The molecule has 1 aromatic carbocycles. The third-order valence-electron chi connectivity index (χ3n) is 4.24. The molecule has 1 aliphatic rings. The highest BCUT2D eigenvalue weighted by Gasteiger charge is 2.19. The van der Waals surface area contributed by atoms with Crippen LogP contribution in [0.4, 0.5) is 11.4 Å². The van der Waals surface area contributed by atoms with Crippen LogP contribution in [0.1, 0.15) is 56.6 Å². The normalized spacial score (nSPS) is 13.9. The van der Waals surface area contributed by atoms with Crippen LogP contribution in [0.25, 0.3) is 0 Å². The maximum absolute atomic E-state index is 6.04. The molecule has 1 heterocycles. The van der Waals surface area contributed by atoms with Gasteiger partial charge in [0.15, 0.2) is 0 Å². The van der Waals surface area contributed by atoms with E-state index in [1.807, 2.05) is 0 Å². The Morgan fingerprint density at radius 2 is 1.84 bits per heavy atom. The zero-order valence-corrected chi connectivity index (χ0v) is 12.5. The molecule has 0 aliphatic carbocycles. The van der Waals surface area contributed by atoms with Gasteiger partial charge in [-0.3, -0.25) is 0 Å². The van der Waals surface area contributed by atoms with Gasteiger partial charge in [0, 0.05) is 24.5 Å². The number of nitrogen functional groups attached to an aromatic ring is 1. The Bertz CT molecular complexity index is 412. The molecule has 1 aliphatic heterocycles. The topological polar surface area (TPSA) is 29.3 Å². The summed E-state index contributed by atoms with van der Waals surface area (Å²) in [6.07, 6.45) is 9.39. The minimum absolute atomic E-state index is 0.939. The number of hydrogen-bond donors (Lipinski definition) is 1. The van der Waals surface area contributed by atoms with Crippen molar-refractivity contribution in [1.29, 1.82) is 0 Å². The van der Waals surface area contributed by atoms with Crippen molar-refractivity contribution in [2.45, 2.75) is 58.8 Å². The summed E-state index contributed by atoms with van der Waals surface area (Å²) in [6.45, 7) is 6.74. The maximum atomic E-state index is 6.04. The lowest BCUT2D eigenvalue weighted by Crippen LogP contribution is -2.21. The minimum Gasteiger partial charge on any atom is -0.398 e. The molecule has 2 N–H and O–H groups in total. The standard InChI is InChI=1S/C17H28N2/c1-3-4-5-6-7-8-10-19-11-9-15-12-14(2)16(18)13-17(15)19/h12-13H,3-11,18H2,1-2H3. The monoisotopic (exact) mass is 260 g/mol. The number of benzene rings is 1. The van der Waals surface area contributed by atoms with Crippen molar-refractivity contribution >= 4 is 11.4 Å². The zero-order chi connectivity index (χ0) is 13.7. The minimum atomic E-state index is 0.939. The van der Waals surface area contributed by atoms with Crippen LogP contribution in [0.5, 0.6) is 0 Å². The molecule has 2 rings (SSSR count). The van der Waals surface area contributed by atoms with Gasteiger partial charge in [0.1, 0.15) is 0 Å². The molecular formula is C17H28N2. The van der Waals surface area contributed by atoms with Crippen LogP contribution in [-0.4, -0.2) is 13.1 Å². The van der Waals surface area contributed by atoms with Crippen LogP contribution in [0, 0.1) is 6.92 Å². The highest BCUT2D eigenvalue weighted by Crippen LogP contribution is 2.32. The number of nitrogens with two attached hydrogens (primary N) is 1. The molecule has 19 heavy (non-hydrogen) atoms. The van der Waals surface area contributed by atoms with E-state index >= 15 is 0 Å². The van der Waals surface area contributed by atoms with Crippen molar-refractivity contribution in [1.82, 2.24) is 0 Å². The number of rotatable bonds is 7.